The molecule has 2 amide bonds. The van der Waals surface area contributed by atoms with Crippen molar-refractivity contribution in [3.63, 3.8) is 0 Å². The Kier molecular flexibility index (Phi) is 7.66. The number of hydrogen-bond donors (Lipinski definition) is 1. The Labute approximate surface area is 209 Å². The summed E-state index contributed by atoms with van der Waals surface area (Å²) < 4.78 is 5.29. The maximum Gasteiger partial charge on any atom is 0.341 e. The fourth-order valence-corrected chi connectivity index (χ4v) is 5.16. The number of benzene rings is 2. The first-order valence-corrected chi connectivity index (χ1v) is 12.7. The van der Waals surface area contributed by atoms with Crippen LogP contribution in [-0.4, -0.2) is 42.4 Å². The lowest BCUT2D eigenvalue weighted by atomic mass is 10.0. The molecule has 1 unspecified atom stereocenters. The van der Waals surface area contributed by atoms with Gasteiger partial charge in [0.05, 0.1) is 12.5 Å². The van der Waals surface area contributed by atoms with E-state index in [1.807, 2.05) is 43.5 Å². The zero-order chi connectivity index (χ0) is 24.9. The average molecular weight is 491 g/mol. The molecule has 7 heteroatoms. The summed E-state index contributed by atoms with van der Waals surface area (Å²) in [4.78, 5) is 40.2. The summed E-state index contributed by atoms with van der Waals surface area (Å²) in [7, 11) is 0. The van der Waals surface area contributed by atoms with E-state index in [0.29, 0.717) is 23.7 Å². The molecule has 35 heavy (non-hydrogen) atoms. The van der Waals surface area contributed by atoms with Crippen LogP contribution in [0.15, 0.2) is 53.9 Å². The highest BCUT2D eigenvalue weighted by Crippen LogP contribution is 2.37. The zero-order valence-corrected chi connectivity index (χ0v) is 21.1. The predicted molar refractivity (Wildman–Crippen MR) is 139 cm³/mol. The maximum atomic E-state index is 13.1. The third-order valence-electron chi connectivity index (χ3n) is 6.25. The van der Waals surface area contributed by atoms with Gasteiger partial charge >= 0.3 is 5.97 Å². The van der Waals surface area contributed by atoms with E-state index in [2.05, 4.69) is 29.6 Å². The zero-order valence-electron chi connectivity index (χ0n) is 20.3. The van der Waals surface area contributed by atoms with Crippen molar-refractivity contribution in [1.82, 2.24) is 4.90 Å². The molecule has 2 aromatic carbocycles. The van der Waals surface area contributed by atoms with Crippen molar-refractivity contribution in [2.45, 2.75) is 33.6 Å². The van der Waals surface area contributed by atoms with Gasteiger partial charge in [0.25, 0.3) is 0 Å². The molecule has 1 atom stereocenters. The van der Waals surface area contributed by atoms with Crippen LogP contribution < -0.4 is 5.32 Å². The smallest absolute Gasteiger partial charge is 0.341 e. The number of carbonyl (C=O) groups excluding carboxylic acids is 3. The fraction of sp³-hybridized carbons (Fsp3) is 0.321. The molecule has 6 nitrogen and oxygen atoms in total. The van der Waals surface area contributed by atoms with Crippen LogP contribution in [0.1, 0.15) is 40.4 Å². The SMILES string of the molecule is CCOC(=O)c1c(-c2ccc(C)cc2)csc1NC(=O)C1CC(=O)N(CCc2ccc(C)cc2)C1. The van der Waals surface area contributed by atoms with Crippen molar-refractivity contribution < 1.29 is 19.1 Å². The van der Waals surface area contributed by atoms with E-state index >= 15 is 0 Å². The Morgan fingerprint density at radius 3 is 2.37 bits per heavy atom. The Hall–Kier alpha value is -3.45. The molecule has 1 N–H and O–H groups in total. The third kappa shape index (κ3) is 5.80. The summed E-state index contributed by atoms with van der Waals surface area (Å²) in [5.41, 5.74) is 5.45. The molecule has 0 spiro atoms. The molecule has 1 saturated heterocycles. The molecule has 3 aromatic rings. The number of rotatable bonds is 8. The van der Waals surface area contributed by atoms with Gasteiger partial charge < -0.3 is 15.0 Å². The fourth-order valence-electron chi connectivity index (χ4n) is 4.20. The summed E-state index contributed by atoms with van der Waals surface area (Å²) in [5, 5.41) is 5.23. The van der Waals surface area contributed by atoms with Crippen LogP contribution in [0.3, 0.4) is 0 Å². The monoisotopic (exact) mass is 490 g/mol. The second-order valence-corrected chi connectivity index (χ2v) is 9.79. The van der Waals surface area contributed by atoms with Crippen molar-refractivity contribution >= 4 is 34.1 Å². The molecule has 0 radical (unpaired) electrons. The van der Waals surface area contributed by atoms with Crippen LogP contribution in [0, 0.1) is 19.8 Å². The first-order valence-electron chi connectivity index (χ1n) is 11.9. The minimum Gasteiger partial charge on any atom is -0.462 e. The van der Waals surface area contributed by atoms with Crippen LogP contribution in [0.5, 0.6) is 0 Å². The Morgan fingerprint density at radius 2 is 1.71 bits per heavy atom. The van der Waals surface area contributed by atoms with Gasteiger partial charge in [-0.1, -0.05) is 59.7 Å². The number of nitrogens with one attached hydrogen (secondary N) is 1. The molecule has 2 heterocycles. The van der Waals surface area contributed by atoms with Crippen molar-refractivity contribution in [3.05, 3.63) is 76.2 Å². The number of nitrogens with zero attached hydrogens (tertiary/aromatic N) is 1. The minimum absolute atomic E-state index is 0.0191. The highest BCUT2D eigenvalue weighted by Gasteiger charge is 2.35. The number of anilines is 1. The number of ether oxygens (including phenoxy) is 1. The van der Waals surface area contributed by atoms with E-state index in [1.165, 1.54) is 16.9 Å². The van der Waals surface area contributed by atoms with E-state index < -0.39 is 11.9 Å². The largest absolute Gasteiger partial charge is 0.462 e. The molecule has 4 rings (SSSR count). The van der Waals surface area contributed by atoms with E-state index in [-0.39, 0.29) is 24.8 Å². The van der Waals surface area contributed by atoms with Crippen LogP contribution in [-0.2, 0) is 20.7 Å². The lowest BCUT2D eigenvalue weighted by molar-refractivity contribution is -0.128. The average Bonchev–Trinajstić information content (AvgIpc) is 3.43. The molecular formula is C28H30N2O4S. The third-order valence-corrected chi connectivity index (χ3v) is 7.14. The summed E-state index contributed by atoms with van der Waals surface area (Å²) in [5.74, 6) is -1.20. The van der Waals surface area contributed by atoms with Crippen molar-refractivity contribution in [3.8, 4) is 11.1 Å². The summed E-state index contributed by atoms with van der Waals surface area (Å²) in [6.07, 6.45) is 0.920. The predicted octanol–water partition coefficient (Wildman–Crippen LogP) is 5.24. The number of thiophene rings is 1. The number of esters is 1. The van der Waals surface area contributed by atoms with Crippen LogP contribution in [0.4, 0.5) is 5.00 Å². The van der Waals surface area contributed by atoms with Gasteiger partial charge in [0.1, 0.15) is 10.6 Å². The number of aryl methyl sites for hydroxylation is 2. The van der Waals surface area contributed by atoms with Crippen LogP contribution in [0.25, 0.3) is 11.1 Å². The topological polar surface area (TPSA) is 75.7 Å². The lowest BCUT2D eigenvalue weighted by Crippen LogP contribution is -2.30. The normalized spacial score (nSPS) is 15.3. The van der Waals surface area contributed by atoms with Crippen molar-refractivity contribution in [2.75, 3.05) is 25.0 Å². The quantitative estimate of drug-likeness (QED) is 0.438. The summed E-state index contributed by atoms with van der Waals surface area (Å²) in [6.45, 7) is 6.99. The Bertz CT molecular complexity index is 1210. The molecular weight excluding hydrogens is 460 g/mol. The van der Waals surface area contributed by atoms with Gasteiger partial charge in [-0.2, -0.15) is 0 Å². The van der Waals surface area contributed by atoms with E-state index in [9.17, 15) is 14.4 Å². The van der Waals surface area contributed by atoms with Gasteiger partial charge in [0.15, 0.2) is 0 Å². The first-order chi connectivity index (χ1) is 16.9. The highest BCUT2D eigenvalue weighted by atomic mass is 32.1. The summed E-state index contributed by atoms with van der Waals surface area (Å²) >= 11 is 1.30. The molecule has 1 aliphatic rings. The lowest BCUT2D eigenvalue weighted by Gasteiger charge is -2.17. The van der Waals surface area contributed by atoms with Gasteiger partial charge in [-0.05, 0) is 38.3 Å². The molecule has 1 fully saturated rings. The van der Waals surface area contributed by atoms with Gasteiger partial charge in [-0.25, -0.2) is 4.79 Å². The van der Waals surface area contributed by atoms with Crippen LogP contribution in [0.2, 0.25) is 0 Å². The molecule has 182 valence electrons. The number of hydrogen-bond acceptors (Lipinski definition) is 5. The molecule has 1 aromatic heterocycles. The second-order valence-electron chi connectivity index (χ2n) is 8.91. The number of carbonyl (C=O) groups is 3. The Balaban J connectivity index is 1.46. The second kappa shape index (κ2) is 10.9. The van der Waals surface area contributed by atoms with E-state index in [4.69, 9.17) is 4.74 Å². The van der Waals surface area contributed by atoms with Crippen molar-refractivity contribution in [1.29, 1.82) is 0 Å². The molecule has 0 bridgehead atoms. The number of likely N-dealkylation sites (tertiary alicyclic amines) is 1. The molecule has 0 aliphatic carbocycles. The van der Waals surface area contributed by atoms with E-state index in [1.54, 1.807) is 11.8 Å². The van der Waals surface area contributed by atoms with Crippen LogP contribution >= 0.6 is 11.3 Å². The standard InChI is InChI=1S/C28H30N2O4S/c1-4-34-28(33)25-23(21-11-7-19(3)8-12-21)17-35-27(25)29-26(32)22-15-24(31)30(16-22)14-13-20-9-5-18(2)6-10-20/h5-12,17,22H,4,13-16H2,1-3H3,(H,29,32). The van der Waals surface area contributed by atoms with Gasteiger partial charge in [0.2, 0.25) is 11.8 Å². The van der Waals surface area contributed by atoms with Gasteiger partial charge in [0, 0.05) is 30.5 Å². The summed E-state index contributed by atoms with van der Waals surface area (Å²) in [6, 6.07) is 16.1. The molecule has 1 aliphatic heterocycles. The van der Waals surface area contributed by atoms with E-state index in [0.717, 1.165) is 28.7 Å². The number of amides is 2. The maximum absolute atomic E-state index is 13.1. The van der Waals surface area contributed by atoms with Gasteiger partial charge in [-0.15, -0.1) is 11.3 Å². The van der Waals surface area contributed by atoms with Gasteiger partial charge in [-0.3, -0.25) is 9.59 Å². The minimum atomic E-state index is -0.471. The Morgan fingerprint density at radius 1 is 1.06 bits per heavy atom. The highest BCUT2D eigenvalue weighted by molar-refractivity contribution is 7.15. The van der Waals surface area contributed by atoms with Crippen molar-refractivity contribution in [2.24, 2.45) is 5.92 Å². The molecule has 0 saturated carbocycles. The first kappa shape index (κ1) is 24.7.